The van der Waals surface area contributed by atoms with Crippen molar-refractivity contribution in [1.29, 1.82) is 0 Å². The predicted molar refractivity (Wildman–Crippen MR) is 147 cm³/mol. The normalized spacial score (nSPS) is 11.4. The van der Waals surface area contributed by atoms with E-state index in [0.29, 0.717) is 48.0 Å². The number of methoxy groups -OCH3 is 1. The van der Waals surface area contributed by atoms with Gasteiger partial charge in [0.15, 0.2) is 0 Å². The Hall–Kier alpha value is -4.79. The van der Waals surface area contributed by atoms with Crippen LogP contribution in [0, 0.1) is 0 Å². The number of rotatable bonds is 11. The van der Waals surface area contributed by atoms with E-state index >= 15 is 0 Å². The van der Waals surface area contributed by atoms with E-state index in [9.17, 15) is 14.4 Å². The molecule has 200 valence electrons. The second-order valence-corrected chi connectivity index (χ2v) is 8.84. The number of hydrogen-bond donors (Lipinski definition) is 2. The second kappa shape index (κ2) is 13.7. The van der Waals surface area contributed by atoms with Crippen molar-refractivity contribution in [3.8, 4) is 11.3 Å². The van der Waals surface area contributed by atoms with E-state index in [1.165, 1.54) is 7.11 Å². The zero-order chi connectivity index (χ0) is 27.5. The first-order valence-corrected chi connectivity index (χ1v) is 12.7. The maximum Gasteiger partial charge on any atom is 0.407 e. The molecule has 0 aliphatic heterocycles. The van der Waals surface area contributed by atoms with E-state index < -0.39 is 18.1 Å². The first kappa shape index (κ1) is 27.3. The molecule has 0 bridgehead atoms. The fraction of sp³-hybridized carbons (Fsp3) is 0.233. The topological polar surface area (TPSA) is 120 Å². The van der Waals surface area contributed by atoms with Gasteiger partial charge in [-0.25, -0.2) is 14.6 Å². The average molecular weight is 527 g/mol. The lowest BCUT2D eigenvalue weighted by Crippen LogP contribution is -2.41. The fourth-order valence-electron chi connectivity index (χ4n) is 4.09. The number of pyridine rings is 2. The summed E-state index contributed by atoms with van der Waals surface area (Å²) in [6.07, 6.45) is 4.24. The summed E-state index contributed by atoms with van der Waals surface area (Å²) in [5.74, 6) is -0.922. The highest BCUT2D eigenvalue weighted by Gasteiger charge is 2.23. The minimum atomic E-state index is -0.840. The summed E-state index contributed by atoms with van der Waals surface area (Å²) in [7, 11) is 1.29. The van der Waals surface area contributed by atoms with E-state index in [-0.39, 0.29) is 12.5 Å². The Labute approximate surface area is 226 Å². The standard InChI is InChI=1S/C30H30N4O5/c1-38-29(36)26(13-7-8-16-32-30(37)39-20-21-14-17-31-18-15-21)34-28(35)24-19-27(22-9-3-2-4-10-22)33-25-12-6-5-11-23(24)25/h2-6,9-12,14-15,17-19,26H,7-8,13,16,20H2,1H3,(H,32,37)(H,34,35)/t26-/m0/s1. The first-order valence-electron chi connectivity index (χ1n) is 12.7. The molecule has 9 nitrogen and oxygen atoms in total. The summed E-state index contributed by atoms with van der Waals surface area (Å²) in [4.78, 5) is 46.5. The van der Waals surface area contributed by atoms with Gasteiger partial charge in [-0.2, -0.15) is 0 Å². The third-order valence-electron chi connectivity index (χ3n) is 6.13. The molecular weight excluding hydrogens is 496 g/mol. The zero-order valence-corrected chi connectivity index (χ0v) is 21.6. The lowest BCUT2D eigenvalue weighted by molar-refractivity contribution is -0.143. The molecule has 0 unspecified atom stereocenters. The van der Waals surface area contributed by atoms with Gasteiger partial charge in [0.05, 0.1) is 23.9 Å². The molecular formula is C30H30N4O5. The fourth-order valence-corrected chi connectivity index (χ4v) is 4.09. The maximum atomic E-state index is 13.4. The smallest absolute Gasteiger partial charge is 0.407 e. The monoisotopic (exact) mass is 526 g/mol. The van der Waals surface area contributed by atoms with Crippen LogP contribution >= 0.6 is 0 Å². The van der Waals surface area contributed by atoms with Crippen molar-refractivity contribution in [2.24, 2.45) is 0 Å². The number of carbonyl (C=O) groups is 3. The molecule has 2 N–H and O–H groups in total. The van der Waals surface area contributed by atoms with Gasteiger partial charge in [0.25, 0.3) is 5.91 Å². The van der Waals surface area contributed by atoms with Crippen LogP contribution in [0.4, 0.5) is 4.79 Å². The predicted octanol–water partition coefficient (Wildman–Crippen LogP) is 4.66. The van der Waals surface area contributed by atoms with Crippen molar-refractivity contribution in [3.63, 3.8) is 0 Å². The highest BCUT2D eigenvalue weighted by Crippen LogP contribution is 2.25. The van der Waals surface area contributed by atoms with Crippen LogP contribution in [0.2, 0.25) is 0 Å². The quantitative estimate of drug-likeness (QED) is 0.215. The molecule has 0 aliphatic carbocycles. The Bertz CT molecular complexity index is 1410. The lowest BCUT2D eigenvalue weighted by atomic mass is 10.0. The number of benzene rings is 2. The van der Waals surface area contributed by atoms with E-state index in [2.05, 4.69) is 15.6 Å². The van der Waals surface area contributed by atoms with E-state index in [0.717, 1.165) is 11.1 Å². The molecule has 0 saturated heterocycles. The number of unbranched alkanes of at least 4 members (excludes halogenated alkanes) is 1. The van der Waals surface area contributed by atoms with Gasteiger partial charge in [-0.05, 0) is 49.1 Å². The van der Waals surface area contributed by atoms with Gasteiger partial charge in [-0.3, -0.25) is 9.78 Å². The highest BCUT2D eigenvalue weighted by molar-refractivity contribution is 6.08. The molecule has 0 spiro atoms. The van der Waals surface area contributed by atoms with Crippen molar-refractivity contribution in [2.75, 3.05) is 13.7 Å². The molecule has 39 heavy (non-hydrogen) atoms. The highest BCUT2D eigenvalue weighted by atomic mass is 16.5. The van der Waals surface area contributed by atoms with Crippen molar-refractivity contribution < 1.29 is 23.9 Å². The summed E-state index contributed by atoms with van der Waals surface area (Å²) >= 11 is 0. The number of esters is 1. The van der Waals surface area contributed by atoms with Crippen LogP contribution in [0.25, 0.3) is 22.2 Å². The van der Waals surface area contributed by atoms with E-state index in [1.807, 2.05) is 54.6 Å². The van der Waals surface area contributed by atoms with Crippen LogP contribution in [0.15, 0.2) is 85.2 Å². The first-order chi connectivity index (χ1) is 19.0. The Kier molecular flexibility index (Phi) is 9.55. The molecule has 1 atom stereocenters. The van der Waals surface area contributed by atoms with Crippen LogP contribution in [-0.2, 0) is 20.9 Å². The Morgan fingerprint density at radius 2 is 1.67 bits per heavy atom. The van der Waals surface area contributed by atoms with Crippen molar-refractivity contribution in [2.45, 2.75) is 31.9 Å². The number of amides is 2. The lowest BCUT2D eigenvalue weighted by Gasteiger charge is -2.18. The molecule has 4 aromatic rings. The van der Waals surface area contributed by atoms with E-state index in [1.54, 1.807) is 30.6 Å². The number of nitrogens with one attached hydrogen (secondary N) is 2. The third kappa shape index (κ3) is 7.61. The Balaban J connectivity index is 1.35. The van der Waals surface area contributed by atoms with Gasteiger partial charge in [0.1, 0.15) is 12.6 Å². The van der Waals surface area contributed by atoms with Gasteiger partial charge < -0.3 is 20.1 Å². The number of ether oxygens (including phenoxy) is 2. The van der Waals surface area contributed by atoms with Crippen LogP contribution in [-0.4, -0.2) is 47.6 Å². The minimum Gasteiger partial charge on any atom is -0.467 e. The summed E-state index contributed by atoms with van der Waals surface area (Å²) in [6, 6.07) is 21.4. The van der Waals surface area contributed by atoms with Gasteiger partial charge in [-0.1, -0.05) is 48.5 Å². The molecule has 2 aromatic carbocycles. The SMILES string of the molecule is COC(=O)[C@H](CCCCNC(=O)OCc1ccncc1)NC(=O)c1cc(-c2ccccc2)nc2ccccc12. The van der Waals surface area contributed by atoms with Crippen LogP contribution in [0.5, 0.6) is 0 Å². The van der Waals surface area contributed by atoms with Crippen LogP contribution < -0.4 is 10.6 Å². The molecule has 2 aromatic heterocycles. The average Bonchev–Trinajstić information content (AvgIpc) is 2.99. The molecule has 0 fully saturated rings. The number of carbonyl (C=O) groups excluding carboxylic acids is 3. The van der Waals surface area contributed by atoms with Crippen LogP contribution in [0.3, 0.4) is 0 Å². The summed E-state index contributed by atoms with van der Waals surface area (Å²) in [5.41, 5.74) is 3.49. The molecule has 9 heteroatoms. The number of aromatic nitrogens is 2. The number of alkyl carbamates (subject to hydrolysis) is 1. The molecule has 0 aliphatic rings. The number of nitrogens with zero attached hydrogens (tertiary/aromatic N) is 2. The Morgan fingerprint density at radius 3 is 2.44 bits per heavy atom. The number of hydrogen-bond acceptors (Lipinski definition) is 7. The molecule has 4 rings (SSSR count). The van der Waals surface area contributed by atoms with Crippen molar-refractivity contribution >= 4 is 28.9 Å². The van der Waals surface area contributed by atoms with E-state index in [4.69, 9.17) is 14.5 Å². The summed E-state index contributed by atoms with van der Waals surface area (Å²) in [6.45, 7) is 0.521. The zero-order valence-electron chi connectivity index (χ0n) is 21.6. The number of para-hydroxylation sites is 1. The minimum absolute atomic E-state index is 0.153. The van der Waals surface area contributed by atoms with Gasteiger partial charge >= 0.3 is 12.1 Å². The summed E-state index contributed by atoms with van der Waals surface area (Å²) in [5, 5.41) is 6.21. The van der Waals surface area contributed by atoms with Gasteiger partial charge in [0, 0.05) is 29.9 Å². The number of fused-ring (bicyclic) bond motifs is 1. The molecule has 2 heterocycles. The third-order valence-corrected chi connectivity index (χ3v) is 6.13. The maximum absolute atomic E-state index is 13.4. The molecule has 0 saturated carbocycles. The second-order valence-electron chi connectivity index (χ2n) is 8.84. The molecule has 2 amide bonds. The van der Waals surface area contributed by atoms with Gasteiger partial charge in [-0.15, -0.1) is 0 Å². The molecule has 0 radical (unpaired) electrons. The van der Waals surface area contributed by atoms with Gasteiger partial charge in [0.2, 0.25) is 0 Å². The van der Waals surface area contributed by atoms with Crippen molar-refractivity contribution in [1.82, 2.24) is 20.6 Å². The van der Waals surface area contributed by atoms with Crippen molar-refractivity contribution in [3.05, 3.63) is 96.3 Å². The summed E-state index contributed by atoms with van der Waals surface area (Å²) < 4.78 is 10.1. The van der Waals surface area contributed by atoms with Crippen LogP contribution in [0.1, 0.15) is 35.2 Å². The Morgan fingerprint density at radius 1 is 0.923 bits per heavy atom. The largest absolute Gasteiger partial charge is 0.467 e.